The van der Waals surface area contributed by atoms with Crippen molar-refractivity contribution in [3.8, 4) is 22.3 Å². The number of aromatic nitrogens is 2. The monoisotopic (exact) mass is 640 g/mol. The van der Waals surface area contributed by atoms with Gasteiger partial charge in [-0.05, 0) is 80.3 Å². The Morgan fingerprint density at radius 2 is 1.24 bits per heavy atom. The fourth-order valence-electron chi connectivity index (χ4n) is 7.11. The van der Waals surface area contributed by atoms with Crippen LogP contribution in [0.5, 0.6) is 0 Å². The SMILES string of the molecule is N=C1C(=NC[N-]c2ccc(-c3cnc4ccccc4c3)cc2)C=C(c2c3ccccc3c(-c3cccnc3)c3ccccc23)c2ccccc21. The zero-order valence-corrected chi connectivity index (χ0v) is 27.1. The van der Waals surface area contributed by atoms with Gasteiger partial charge in [0.15, 0.2) is 0 Å². The van der Waals surface area contributed by atoms with Gasteiger partial charge in [-0.2, -0.15) is 0 Å². The summed E-state index contributed by atoms with van der Waals surface area (Å²) in [5.41, 5.74) is 11.3. The quantitative estimate of drug-likeness (QED) is 0.184. The summed E-state index contributed by atoms with van der Waals surface area (Å²) in [7, 11) is 0. The van der Waals surface area contributed by atoms with E-state index in [1.54, 1.807) is 0 Å². The van der Waals surface area contributed by atoms with Gasteiger partial charge in [-0.15, -0.1) is 5.69 Å². The van der Waals surface area contributed by atoms with E-state index in [2.05, 4.69) is 101 Å². The van der Waals surface area contributed by atoms with Gasteiger partial charge in [0.25, 0.3) is 0 Å². The molecule has 2 aromatic heterocycles. The molecule has 0 spiro atoms. The standard InChI is InChI=1S/C45H30N5/c46-45-39-17-7-2-12-34(39)40(44-37-15-5-3-13-35(37)43(31-11-9-23-47-26-31)36-14-4-6-16-38(36)44)25-42(45)50-28-49-33-21-19-29(20-22-33)32-24-30-10-1-8-18-41(30)48-27-32/h1-27,46H,28H2/q-1. The van der Waals surface area contributed by atoms with Crippen molar-refractivity contribution in [2.45, 2.75) is 0 Å². The Labute approximate surface area is 289 Å². The molecule has 2 heterocycles. The predicted octanol–water partition coefficient (Wildman–Crippen LogP) is 11.2. The highest BCUT2D eigenvalue weighted by atomic mass is 15.0. The molecule has 5 heteroatoms. The Bertz CT molecular complexity index is 2600. The van der Waals surface area contributed by atoms with Crippen LogP contribution in [-0.4, -0.2) is 28.1 Å². The zero-order chi connectivity index (χ0) is 33.4. The van der Waals surface area contributed by atoms with Gasteiger partial charge in [0.2, 0.25) is 0 Å². The van der Waals surface area contributed by atoms with Gasteiger partial charge in [0.05, 0.1) is 16.9 Å². The molecule has 0 saturated heterocycles. The minimum Gasteiger partial charge on any atom is -0.666 e. The van der Waals surface area contributed by atoms with Gasteiger partial charge >= 0.3 is 0 Å². The number of rotatable bonds is 6. The van der Waals surface area contributed by atoms with Gasteiger partial charge in [-0.1, -0.05) is 121 Å². The molecule has 5 nitrogen and oxygen atoms in total. The summed E-state index contributed by atoms with van der Waals surface area (Å²) < 4.78 is 0. The van der Waals surface area contributed by atoms with Crippen LogP contribution in [0.4, 0.5) is 5.69 Å². The van der Waals surface area contributed by atoms with E-state index in [0.29, 0.717) is 11.4 Å². The summed E-state index contributed by atoms with van der Waals surface area (Å²) in [4.78, 5) is 14.0. The fourth-order valence-corrected chi connectivity index (χ4v) is 7.11. The molecule has 8 aromatic rings. The van der Waals surface area contributed by atoms with Crippen molar-refractivity contribution in [3.05, 3.63) is 186 Å². The van der Waals surface area contributed by atoms with E-state index in [1.807, 2.05) is 73.2 Å². The summed E-state index contributed by atoms with van der Waals surface area (Å²) in [6.45, 7) is 0.210. The molecular weight excluding hydrogens is 611 g/mol. The molecule has 6 aromatic carbocycles. The average Bonchev–Trinajstić information content (AvgIpc) is 3.18. The molecule has 0 aliphatic heterocycles. The summed E-state index contributed by atoms with van der Waals surface area (Å²) in [5, 5.41) is 19.7. The highest BCUT2D eigenvalue weighted by Crippen LogP contribution is 2.44. The van der Waals surface area contributed by atoms with E-state index < -0.39 is 0 Å². The molecule has 0 atom stereocenters. The van der Waals surface area contributed by atoms with Gasteiger partial charge in [0, 0.05) is 40.7 Å². The van der Waals surface area contributed by atoms with Crippen molar-refractivity contribution in [3.63, 3.8) is 0 Å². The maximum absolute atomic E-state index is 9.19. The van der Waals surface area contributed by atoms with Gasteiger partial charge in [-0.25, -0.2) is 0 Å². The van der Waals surface area contributed by atoms with E-state index in [-0.39, 0.29) is 6.67 Å². The molecule has 9 rings (SSSR count). The van der Waals surface area contributed by atoms with Crippen LogP contribution in [0.25, 0.3) is 65.6 Å². The van der Waals surface area contributed by atoms with Crippen LogP contribution in [0.2, 0.25) is 0 Å². The zero-order valence-electron chi connectivity index (χ0n) is 27.1. The fraction of sp³-hybridized carbons (Fsp3) is 0.0222. The van der Waals surface area contributed by atoms with Gasteiger partial charge in [-0.3, -0.25) is 15.4 Å². The first-order chi connectivity index (χ1) is 24.7. The van der Waals surface area contributed by atoms with Crippen LogP contribution in [0.1, 0.15) is 16.7 Å². The number of nitrogens with zero attached hydrogens (tertiary/aromatic N) is 4. The third-order valence-corrected chi connectivity index (χ3v) is 9.46. The van der Waals surface area contributed by atoms with Crippen LogP contribution in [0.15, 0.2) is 169 Å². The molecule has 0 unspecified atom stereocenters. The number of fused-ring (bicyclic) bond motifs is 4. The third-order valence-electron chi connectivity index (χ3n) is 9.46. The number of allylic oxidation sites excluding steroid dienone is 1. The summed E-state index contributed by atoms with van der Waals surface area (Å²) >= 11 is 0. The van der Waals surface area contributed by atoms with Crippen molar-refractivity contribution in [2.75, 3.05) is 6.67 Å². The van der Waals surface area contributed by atoms with E-state index in [9.17, 15) is 5.41 Å². The summed E-state index contributed by atoms with van der Waals surface area (Å²) in [6, 6.07) is 47.9. The molecule has 0 bridgehead atoms. The number of benzene rings is 6. The second-order valence-electron chi connectivity index (χ2n) is 12.4. The van der Waals surface area contributed by atoms with Gasteiger partial charge in [0.1, 0.15) is 0 Å². The van der Waals surface area contributed by atoms with E-state index in [1.165, 1.54) is 5.56 Å². The third kappa shape index (κ3) is 5.13. The first-order valence-electron chi connectivity index (χ1n) is 16.6. The summed E-state index contributed by atoms with van der Waals surface area (Å²) in [5.74, 6) is 0. The molecule has 0 amide bonds. The molecule has 0 saturated carbocycles. The number of aliphatic imine (C=N–C) groups is 1. The minimum absolute atomic E-state index is 0.210. The molecule has 1 N–H and O–H groups in total. The highest BCUT2D eigenvalue weighted by Gasteiger charge is 2.25. The Balaban J connectivity index is 1.10. The first-order valence-corrected chi connectivity index (χ1v) is 16.6. The van der Waals surface area contributed by atoms with Gasteiger partial charge < -0.3 is 10.3 Å². The van der Waals surface area contributed by atoms with Crippen LogP contribution in [0.3, 0.4) is 0 Å². The van der Waals surface area contributed by atoms with Crippen LogP contribution in [-0.2, 0) is 0 Å². The van der Waals surface area contributed by atoms with Crippen LogP contribution < -0.4 is 0 Å². The first kappa shape index (κ1) is 29.4. The van der Waals surface area contributed by atoms with E-state index in [0.717, 1.165) is 77.1 Å². The molecule has 0 radical (unpaired) electrons. The lowest BCUT2D eigenvalue weighted by atomic mass is 9.80. The Kier molecular flexibility index (Phi) is 7.29. The van der Waals surface area contributed by atoms with Crippen molar-refractivity contribution in [2.24, 2.45) is 4.99 Å². The largest absolute Gasteiger partial charge is 0.666 e. The Hall–Kier alpha value is -6.72. The molecular formula is C45H30N5-. The van der Waals surface area contributed by atoms with Crippen molar-refractivity contribution < 1.29 is 0 Å². The average molecular weight is 641 g/mol. The highest BCUT2D eigenvalue weighted by molar-refractivity contribution is 6.54. The molecule has 236 valence electrons. The predicted molar refractivity (Wildman–Crippen MR) is 208 cm³/mol. The number of para-hydroxylation sites is 1. The Morgan fingerprint density at radius 1 is 0.580 bits per heavy atom. The number of hydrogen-bond acceptors (Lipinski definition) is 4. The van der Waals surface area contributed by atoms with Crippen LogP contribution in [0, 0.1) is 5.41 Å². The maximum atomic E-state index is 9.19. The molecule has 1 aliphatic rings. The second kappa shape index (κ2) is 12.4. The molecule has 50 heavy (non-hydrogen) atoms. The number of hydrogen-bond donors (Lipinski definition) is 1. The number of pyridine rings is 2. The topological polar surface area (TPSA) is 76.1 Å². The van der Waals surface area contributed by atoms with E-state index >= 15 is 0 Å². The normalized spacial score (nSPS) is 13.5. The lowest BCUT2D eigenvalue weighted by molar-refractivity contribution is 1.20. The molecule has 0 fully saturated rings. The smallest absolute Gasteiger partial charge is 0.0869 e. The minimum atomic E-state index is 0.210. The van der Waals surface area contributed by atoms with E-state index in [4.69, 9.17) is 10.3 Å². The lowest BCUT2D eigenvalue weighted by Crippen LogP contribution is -2.20. The number of nitrogens with one attached hydrogen (secondary N) is 1. The Morgan fingerprint density at radius 3 is 1.96 bits per heavy atom. The van der Waals surface area contributed by atoms with Crippen molar-refractivity contribution in [1.82, 2.24) is 9.97 Å². The molecule has 1 aliphatic carbocycles. The van der Waals surface area contributed by atoms with Crippen molar-refractivity contribution in [1.29, 1.82) is 5.41 Å². The maximum Gasteiger partial charge on any atom is 0.0869 e. The lowest BCUT2D eigenvalue weighted by Gasteiger charge is -2.25. The van der Waals surface area contributed by atoms with Crippen LogP contribution >= 0.6 is 0 Å². The van der Waals surface area contributed by atoms with Crippen molar-refractivity contribution >= 4 is 55.1 Å². The second-order valence-corrected chi connectivity index (χ2v) is 12.4. The summed E-state index contributed by atoms with van der Waals surface area (Å²) in [6.07, 6.45) is 7.74.